The summed E-state index contributed by atoms with van der Waals surface area (Å²) in [6, 6.07) is 10.5. The molecule has 0 atom stereocenters. The number of carbonyl (C=O) groups excluding carboxylic acids is 2. The van der Waals surface area contributed by atoms with Crippen LogP contribution in [0.2, 0.25) is 0 Å². The number of hydrogen-bond donors (Lipinski definition) is 6. The van der Waals surface area contributed by atoms with E-state index in [1.54, 1.807) is 36.4 Å². The molecule has 0 aliphatic carbocycles. The van der Waals surface area contributed by atoms with Gasteiger partial charge in [0, 0.05) is 25.2 Å². The lowest BCUT2D eigenvalue weighted by Gasteiger charge is -2.14. The zero-order valence-corrected chi connectivity index (χ0v) is 27.4. The highest BCUT2D eigenvalue weighted by Gasteiger charge is 2.15. The standard InChI is InChI=1S/C34H56N6O6/c35-15-7-21-43-27-11-13-29(31(25-27)45-23-9-17-37)33(41)39-19-5-3-1-2-4-6-20-40-34(42)30-14-12-28(44-22-8-16-36)26-32(30)46-24-10-18-38/h11-14,25-26H,1-10,15-24,35-38H2,(H,39,41)(H,40,42). The minimum Gasteiger partial charge on any atom is -0.493 e. The van der Waals surface area contributed by atoms with Crippen LogP contribution in [0.5, 0.6) is 23.0 Å². The largest absolute Gasteiger partial charge is 0.493 e. The molecule has 0 fully saturated rings. The minimum absolute atomic E-state index is 0.173. The van der Waals surface area contributed by atoms with Crippen molar-refractivity contribution in [2.75, 3.05) is 65.7 Å². The van der Waals surface area contributed by atoms with E-state index in [2.05, 4.69) is 10.6 Å². The van der Waals surface area contributed by atoms with Gasteiger partial charge < -0.3 is 52.5 Å². The second kappa shape index (κ2) is 24.6. The van der Waals surface area contributed by atoms with E-state index in [9.17, 15) is 9.59 Å². The van der Waals surface area contributed by atoms with Crippen molar-refractivity contribution in [3.05, 3.63) is 47.5 Å². The van der Waals surface area contributed by atoms with Gasteiger partial charge in [0.05, 0.1) is 37.6 Å². The fourth-order valence-electron chi connectivity index (χ4n) is 4.43. The van der Waals surface area contributed by atoms with Crippen molar-refractivity contribution >= 4 is 11.8 Å². The molecule has 2 aromatic carbocycles. The third-order valence-electron chi connectivity index (χ3n) is 7.02. The van der Waals surface area contributed by atoms with E-state index < -0.39 is 0 Å². The number of nitrogens with one attached hydrogen (secondary N) is 2. The summed E-state index contributed by atoms with van der Waals surface area (Å²) >= 11 is 0. The van der Waals surface area contributed by atoms with Crippen molar-refractivity contribution in [2.45, 2.75) is 64.2 Å². The fourth-order valence-corrected chi connectivity index (χ4v) is 4.43. The average Bonchev–Trinajstić information content (AvgIpc) is 3.06. The maximum Gasteiger partial charge on any atom is 0.255 e. The number of benzene rings is 2. The van der Waals surface area contributed by atoms with Crippen LogP contribution in [-0.4, -0.2) is 77.5 Å². The number of carbonyl (C=O) groups is 2. The first-order valence-electron chi connectivity index (χ1n) is 16.7. The van der Waals surface area contributed by atoms with Crippen LogP contribution in [0, 0.1) is 0 Å². The van der Waals surface area contributed by atoms with Gasteiger partial charge in [-0.1, -0.05) is 25.7 Å². The Balaban J connectivity index is 1.68. The third kappa shape index (κ3) is 15.6. The molecular formula is C34H56N6O6. The van der Waals surface area contributed by atoms with Gasteiger partial charge in [-0.25, -0.2) is 0 Å². The average molecular weight is 645 g/mol. The van der Waals surface area contributed by atoms with Crippen LogP contribution in [0.15, 0.2) is 36.4 Å². The molecule has 0 saturated carbocycles. The number of unbranched alkanes of at least 4 members (excludes halogenated alkanes) is 5. The van der Waals surface area contributed by atoms with Crippen molar-refractivity contribution in [2.24, 2.45) is 22.9 Å². The Bertz CT molecular complexity index is 1050. The quantitative estimate of drug-likeness (QED) is 0.0786. The molecule has 2 aromatic rings. The molecule has 0 spiro atoms. The predicted octanol–water partition coefficient (Wildman–Crippen LogP) is 3.10. The van der Waals surface area contributed by atoms with Crippen molar-refractivity contribution in [3.8, 4) is 23.0 Å². The number of amides is 2. The van der Waals surface area contributed by atoms with E-state index in [1.165, 1.54) is 0 Å². The van der Waals surface area contributed by atoms with Crippen LogP contribution >= 0.6 is 0 Å². The Labute approximate surface area is 274 Å². The Hall–Kier alpha value is -3.58. The molecule has 0 heterocycles. The van der Waals surface area contributed by atoms with E-state index >= 15 is 0 Å². The summed E-state index contributed by atoms with van der Waals surface area (Å²) in [5.74, 6) is 1.92. The number of hydrogen-bond acceptors (Lipinski definition) is 10. The van der Waals surface area contributed by atoms with Gasteiger partial charge in [-0.3, -0.25) is 9.59 Å². The second-order valence-corrected chi connectivity index (χ2v) is 10.9. The summed E-state index contributed by atoms with van der Waals surface area (Å²) in [6.07, 6.45) is 8.75. The van der Waals surface area contributed by atoms with Gasteiger partial charge in [0.25, 0.3) is 11.8 Å². The Kier molecular flexibility index (Phi) is 20.7. The van der Waals surface area contributed by atoms with Gasteiger partial charge in [0.15, 0.2) is 0 Å². The molecular weight excluding hydrogens is 588 g/mol. The first-order valence-corrected chi connectivity index (χ1v) is 16.7. The monoisotopic (exact) mass is 644 g/mol. The Morgan fingerprint density at radius 2 is 0.826 bits per heavy atom. The molecule has 258 valence electrons. The molecule has 12 heteroatoms. The molecule has 0 radical (unpaired) electrons. The first-order chi connectivity index (χ1) is 22.5. The molecule has 46 heavy (non-hydrogen) atoms. The summed E-state index contributed by atoms with van der Waals surface area (Å²) < 4.78 is 23.1. The highest BCUT2D eigenvalue weighted by Crippen LogP contribution is 2.27. The Morgan fingerprint density at radius 1 is 0.478 bits per heavy atom. The highest BCUT2D eigenvalue weighted by molar-refractivity contribution is 5.97. The van der Waals surface area contributed by atoms with Crippen LogP contribution in [-0.2, 0) is 0 Å². The number of rotatable bonds is 27. The van der Waals surface area contributed by atoms with E-state index in [4.69, 9.17) is 41.9 Å². The van der Waals surface area contributed by atoms with Crippen LogP contribution in [0.25, 0.3) is 0 Å². The van der Waals surface area contributed by atoms with E-state index in [0.29, 0.717) is 113 Å². The normalized spacial score (nSPS) is 10.8. The van der Waals surface area contributed by atoms with Gasteiger partial charge in [-0.15, -0.1) is 0 Å². The topological polar surface area (TPSA) is 199 Å². The summed E-state index contributed by atoms with van der Waals surface area (Å²) in [6.45, 7) is 5.15. The van der Waals surface area contributed by atoms with Gasteiger partial charge in [-0.05, 0) is 89.0 Å². The fraction of sp³-hybridized carbons (Fsp3) is 0.588. The van der Waals surface area contributed by atoms with Crippen LogP contribution in [0.1, 0.15) is 84.9 Å². The highest BCUT2D eigenvalue weighted by atomic mass is 16.5. The molecule has 0 aliphatic rings. The van der Waals surface area contributed by atoms with E-state index in [1.807, 2.05) is 0 Å². The molecule has 0 aliphatic heterocycles. The maximum atomic E-state index is 12.9. The lowest BCUT2D eigenvalue weighted by Crippen LogP contribution is -2.25. The van der Waals surface area contributed by atoms with Crippen molar-refractivity contribution in [3.63, 3.8) is 0 Å². The molecule has 0 aromatic heterocycles. The SMILES string of the molecule is NCCCOc1ccc(C(=O)NCCCCCCCCNC(=O)c2ccc(OCCCN)cc2OCCCN)c(OCCCN)c1. The van der Waals surface area contributed by atoms with Crippen molar-refractivity contribution in [1.82, 2.24) is 10.6 Å². The van der Waals surface area contributed by atoms with Crippen LogP contribution in [0.4, 0.5) is 0 Å². The molecule has 0 bridgehead atoms. The van der Waals surface area contributed by atoms with Gasteiger partial charge in [0.1, 0.15) is 23.0 Å². The lowest BCUT2D eigenvalue weighted by atomic mass is 10.1. The van der Waals surface area contributed by atoms with E-state index in [-0.39, 0.29) is 11.8 Å². The summed E-state index contributed by atoms with van der Waals surface area (Å²) in [7, 11) is 0. The van der Waals surface area contributed by atoms with Crippen molar-refractivity contribution in [1.29, 1.82) is 0 Å². The summed E-state index contributed by atoms with van der Waals surface area (Å²) in [5, 5.41) is 6.00. The summed E-state index contributed by atoms with van der Waals surface area (Å²) in [4.78, 5) is 25.7. The molecule has 2 rings (SSSR count). The number of nitrogens with two attached hydrogens (primary N) is 4. The molecule has 2 amide bonds. The molecule has 0 saturated heterocycles. The van der Waals surface area contributed by atoms with Crippen LogP contribution < -0.4 is 52.5 Å². The molecule has 10 N–H and O–H groups in total. The van der Waals surface area contributed by atoms with E-state index in [0.717, 1.165) is 51.4 Å². The lowest BCUT2D eigenvalue weighted by molar-refractivity contribution is 0.0939. The van der Waals surface area contributed by atoms with Gasteiger partial charge in [0.2, 0.25) is 0 Å². The number of ether oxygens (including phenoxy) is 4. The minimum atomic E-state index is -0.173. The second-order valence-electron chi connectivity index (χ2n) is 10.9. The zero-order valence-electron chi connectivity index (χ0n) is 27.4. The van der Waals surface area contributed by atoms with Gasteiger partial charge >= 0.3 is 0 Å². The maximum absolute atomic E-state index is 12.9. The zero-order chi connectivity index (χ0) is 33.2. The Morgan fingerprint density at radius 3 is 1.20 bits per heavy atom. The summed E-state index contributed by atoms with van der Waals surface area (Å²) in [5.41, 5.74) is 23.2. The third-order valence-corrected chi connectivity index (χ3v) is 7.02. The first kappa shape index (κ1) is 38.6. The van der Waals surface area contributed by atoms with Crippen LogP contribution in [0.3, 0.4) is 0 Å². The molecule has 0 unspecified atom stereocenters. The van der Waals surface area contributed by atoms with Crippen molar-refractivity contribution < 1.29 is 28.5 Å². The predicted molar refractivity (Wildman–Crippen MR) is 182 cm³/mol. The van der Waals surface area contributed by atoms with Gasteiger partial charge in [-0.2, -0.15) is 0 Å². The molecule has 12 nitrogen and oxygen atoms in total. The smallest absolute Gasteiger partial charge is 0.255 e.